The van der Waals surface area contributed by atoms with Crippen LogP contribution in [0.3, 0.4) is 0 Å². The summed E-state index contributed by atoms with van der Waals surface area (Å²) in [6, 6.07) is 10.4. The van der Waals surface area contributed by atoms with E-state index in [0.29, 0.717) is 36.1 Å². The van der Waals surface area contributed by atoms with E-state index in [1.165, 1.54) is 29.2 Å². The van der Waals surface area contributed by atoms with Crippen molar-refractivity contribution in [3.8, 4) is 11.5 Å². The molecule has 1 N–H and O–H groups in total. The van der Waals surface area contributed by atoms with Crippen LogP contribution in [0.25, 0.3) is 0 Å². The Kier molecular flexibility index (Phi) is 5.51. The number of hydrogen-bond acceptors (Lipinski definition) is 6. The van der Waals surface area contributed by atoms with E-state index >= 15 is 0 Å². The number of nitrogens with zero attached hydrogens (tertiary/aromatic N) is 1. The van der Waals surface area contributed by atoms with Crippen molar-refractivity contribution < 1.29 is 33.0 Å². The summed E-state index contributed by atoms with van der Waals surface area (Å²) in [6.45, 7) is 0.554. The monoisotopic (exact) mass is 414 g/mol. The van der Waals surface area contributed by atoms with Gasteiger partial charge >= 0.3 is 5.97 Å². The number of benzene rings is 2. The minimum atomic E-state index is -0.677. The van der Waals surface area contributed by atoms with Crippen LogP contribution in [0.15, 0.2) is 42.5 Å². The summed E-state index contributed by atoms with van der Waals surface area (Å²) in [4.78, 5) is 38.1. The molecule has 0 radical (unpaired) electrons. The van der Waals surface area contributed by atoms with Crippen LogP contribution in [0.5, 0.6) is 11.5 Å². The van der Waals surface area contributed by atoms with Crippen LogP contribution in [-0.4, -0.2) is 44.1 Å². The highest BCUT2D eigenvalue weighted by Crippen LogP contribution is 2.36. The molecule has 9 heteroatoms. The Bertz CT molecular complexity index is 978. The number of fused-ring (bicyclic) bond motifs is 1. The minimum Gasteiger partial charge on any atom is -0.486 e. The van der Waals surface area contributed by atoms with Crippen LogP contribution in [0, 0.1) is 11.7 Å². The molecule has 4 rings (SSSR count). The maximum Gasteiger partial charge on any atom is 0.311 e. The zero-order valence-corrected chi connectivity index (χ0v) is 15.9. The van der Waals surface area contributed by atoms with Crippen LogP contribution in [0.4, 0.5) is 15.8 Å². The Hall–Kier alpha value is -3.62. The molecular formula is C21H19FN2O6. The molecule has 1 fully saturated rings. The zero-order valence-electron chi connectivity index (χ0n) is 15.9. The summed E-state index contributed by atoms with van der Waals surface area (Å²) in [5.41, 5.74) is 0.992. The third kappa shape index (κ3) is 4.35. The third-order valence-corrected chi connectivity index (χ3v) is 4.77. The van der Waals surface area contributed by atoms with E-state index in [-0.39, 0.29) is 18.9 Å². The van der Waals surface area contributed by atoms with E-state index in [1.54, 1.807) is 18.2 Å². The van der Waals surface area contributed by atoms with Crippen LogP contribution < -0.4 is 19.7 Å². The highest BCUT2D eigenvalue weighted by atomic mass is 19.1. The van der Waals surface area contributed by atoms with Gasteiger partial charge in [-0.25, -0.2) is 4.39 Å². The molecule has 1 saturated heterocycles. The fourth-order valence-corrected chi connectivity index (χ4v) is 3.30. The molecule has 0 spiro atoms. The minimum absolute atomic E-state index is 0.00709. The van der Waals surface area contributed by atoms with Crippen molar-refractivity contribution in [1.29, 1.82) is 0 Å². The number of nitrogens with one attached hydrogen (secondary N) is 1. The van der Waals surface area contributed by atoms with Crippen LogP contribution >= 0.6 is 0 Å². The predicted octanol–water partition coefficient (Wildman–Crippen LogP) is 2.13. The molecule has 2 aliphatic rings. The fraction of sp³-hybridized carbons (Fsp3) is 0.286. The summed E-state index contributed by atoms with van der Waals surface area (Å²) in [6.07, 6.45) is -0.00709. The van der Waals surface area contributed by atoms with Gasteiger partial charge in [0.25, 0.3) is 5.91 Å². The lowest BCUT2D eigenvalue weighted by atomic mass is 10.1. The molecular weight excluding hydrogens is 395 g/mol. The summed E-state index contributed by atoms with van der Waals surface area (Å²) in [5, 5.41) is 2.50. The fourth-order valence-electron chi connectivity index (χ4n) is 3.30. The number of ether oxygens (including phenoxy) is 3. The van der Waals surface area contributed by atoms with E-state index < -0.39 is 30.2 Å². The summed E-state index contributed by atoms with van der Waals surface area (Å²) in [7, 11) is 0. The van der Waals surface area contributed by atoms with Crippen molar-refractivity contribution in [3.05, 3.63) is 48.3 Å². The Morgan fingerprint density at radius 2 is 1.83 bits per heavy atom. The smallest absolute Gasteiger partial charge is 0.311 e. The van der Waals surface area contributed by atoms with E-state index in [9.17, 15) is 18.8 Å². The number of hydrogen-bond donors (Lipinski definition) is 1. The van der Waals surface area contributed by atoms with E-state index in [0.717, 1.165) is 0 Å². The molecule has 30 heavy (non-hydrogen) atoms. The first-order chi connectivity index (χ1) is 14.5. The van der Waals surface area contributed by atoms with E-state index in [1.807, 2.05) is 0 Å². The number of carbonyl (C=O) groups is 3. The maximum atomic E-state index is 12.9. The second-order valence-corrected chi connectivity index (χ2v) is 6.90. The molecule has 2 aromatic carbocycles. The number of amides is 2. The average molecular weight is 414 g/mol. The second-order valence-electron chi connectivity index (χ2n) is 6.90. The van der Waals surface area contributed by atoms with Crippen molar-refractivity contribution in [3.63, 3.8) is 0 Å². The van der Waals surface area contributed by atoms with Gasteiger partial charge in [-0.3, -0.25) is 14.4 Å². The van der Waals surface area contributed by atoms with Crippen LogP contribution in [0.1, 0.15) is 6.42 Å². The molecule has 2 heterocycles. The molecule has 0 unspecified atom stereocenters. The van der Waals surface area contributed by atoms with Crippen molar-refractivity contribution in [2.45, 2.75) is 6.42 Å². The van der Waals surface area contributed by atoms with Crippen LogP contribution in [-0.2, 0) is 19.1 Å². The summed E-state index contributed by atoms with van der Waals surface area (Å²) in [5.74, 6) is -1.34. The number of anilines is 2. The largest absolute Gasteiger partial charge is 0.486 e. The highest BCUT2D eigenvalue weighted by Gasteiger charge is 2.36. The van der Waals surface area contributed by atoms with Gasteiger partial charge in [0.05, 0.1) is 5.92 Å². The first-order valence-electron chi connectivity index (χ1n) is 9.41. The van der Waals surface area contributed by atoms with Gasteiger partial charge in [0.2, 0.25) is 5.91 Å². The van der Waals surface area contributed by atoms with Gasteiger partial charge in [-0.15, -0.1) is 0 Å². The highest BCUT2D eigenvalue weighted by molar-refractivity contribution is 6.00. The SMILES string of the molecule is O=C(COC(=O)[C@@H]1CC(=O)N(c2ccc3c(c2)OCCO3)C1)Nc1ccc(F)cc1. The third-order valence-electron chi connectivity index (χ3n) is 4.77. The van der Waals surface area contributed by atoms with Gasteiger partial charge in [-0.1, -0.05) is 0 Å². The molecule has 1 atom stereocenters. The lowest BCUT2D eigenvalue weighted by Gasteiger charge is -2.22. The molecule has 2 aromatic rings. The zero-order chi connectivity index (χ0) is 21.1. The maximum absolute atomic E-state index is 12.9. The molecule has 0 saturated carbocycles. The molecule has 0 aromatic heterocycles. The van der Waals surface area contributed by atoms with Crippen molar-refractivity contribution in [2.75, 3.05) is 36.6 Å². The molecule has 0 aliphatic carbocycles. The molecule has 2 aliphatic heterocycles. The van der Waals surface area contributed by atoms with Crippen molar-refractivity contribution >= 4 is 29.2 Å². The topological polar surface area (TPSA) is 94.2 Å². The Labute approximate surface area is 171 Å². The normalized spacial score (nSPS) is 17.6. The van der Waals surface area contributed by atoms with Gasteiger partial charge in [0.15, 0.2) is 18.1 Å². The van der Waals surface area contributed by atoms with Gasteiger partial charge in [-0.05, 0) is 36.4 Å². The Balaban J connectivity index is 1.31. The van der Waals surface area contributed by atoms with Crippen molar-refractivity contribution in [2.24, 2.45) is 5.92 Å². The van der Waals surface area contributed by atoms with Gasteiger partial charge < -0.3 is 24.4 Å². The standard InChI is InChI=1S/C21H19FN2O6/c22-14-1-3-15(4-2-14)23-19(25)12-30-21(27)13-9-20(26)24(11-13)16-5-6-17-18(10-16)29-8-7-28-17/h1-6,10,13H,7-9,11-12H2,(H,23,25)/t13-/m1/s1. The molecule has 8 nitrogen and oxygen atoms in total. The van der Waals surface area contributed by atoms with Gasteiger partial charge in [0, 0.05) is 30.4 Å². The quantitative estimate of drug-likeness (QED) is 0.754. The number of carbonyl (C=O) groups excluding carboxylic acids is 3. The number of rotatable bonds is 5. The Morgan fingerprint density at radius 1 is 1.10 bits per heavy atom. The average Bonchev–Trinajstić information content (AvgIpc) is 3.15. The summed E-state index contributed by atoms with van der Waals surface area (Å²) >= 11 is 0. The van der Waals surface area contributed by atoms with Crippen molar-refractivity contribution in [1.82, 2.24) is 0 Å². The molecule has 0 bridgehead atoms. The first kappa shape index (κ1) is 19.7. The van der Waals surface area contributed by atoms with Gasteiger partial charge in [0.1, 0.15) is 19.0 Å². The number of esters is 1. The molecule has 156 valence electrons. The molecule has 2 amide bonds. The Morgan fingerprint density at radius 3 is 2.60 bits per heavy atom. The van der Waals surface area contributed by atoms with Gasteiger partial charge in [-0.2, -0.15) is 0 Å². The first-order valence-corrected chi connectivity index (χ1v) is 9.41. The second kappa shape index (κ2) is 8.40. The number of halogens is 1. The summed E-state index contributed by atoms with van der Waals surface area (Å²) < 4.78 is 29.0. The van der Waals surface area contributed by atoms with Crippen LogP contribution in [0.2, 0.25) is 0 Å². The predicted molar refractivity (Wildman–Crippen MR) is 104 cm³/mol. The lowest BCUT2D eigenvalue weighted by molar-refractivity contribution is -0.151. The lowest BCUT2D eigenvalue weighted by Crippen LogP contribution is -2.28. The van der Waals surface area contributed by atoms with E-state index in [4.69, 9.17) is 14.2 Å². The van der Waals surface area contributed by atoms with E-state index in [2.05, 4.69) is 5.32 Å².